The lowest BCUT2D eigenvalue weighted by atomic mass is 9.94. The van der Waals surface area contributed by atoms with E-state index in [4.69, 9.17) is 4.52 Å². The quantitative estimate of drug-likeness (QED) is 0.528. The third-order valence-electron chi connectivity index (χ3n) is 4.91. The largest absolute Gasteiger partial charge is 0.383 e. The van der Waals surface area contributed by atoms with Gasteiger partial charge in [0.2, 0.25) is 0 Å². The van der Waals surface area contributed by atoms with Crippen LogP contribution >= 0.6 is 0 Å². The number of benzene rings is 1. The first-order valence-corrected chi connectivity index (χ1v) is 8.31. The van der Waals surface area contributed by atoms with Gasteiger partial charge in [-0.3, -0.25) is 10.1 Å². The summed E-state index contributed by atoms with van der Waals surface area (Å²) in [5.74, 6) is 0.916. The topological polar surface area (TPSA) is 99.9 Å². The summed E-state index contributed by atoms with van der Waals surface area (Å²) in [6.07, 6.45) is 3.79. The van der Waals surface area contributed by atoms with Gasteiger partial charge in [0.15, 0.2) is 11.4 Å². The molecule has 1 unspecified atom stereocenters. The molecule has 7 heteroatoms. The van der Waals surface area contributed by atoms with Crippen LogP contribution in [0.25, 0.3) is 22.0 Å². The summed E-state index contributed by atoms with van der Waals surface area (Å²) in [6, 6.07) is 9.49. The van der Waals surface area contributed by atoms with E-state index >= 15 is 0 Å². The average Bonchev–Trinajstić information content (AvgIpc) is 3.28. The average molecular weight is 335 g/mol. The molecule has 126 valence electrons. The molecule has 1 aromatic carbocycles. The smallest absolute Gasteiger partial charge is 0.178 e. The number of hydrogen-bond acceptors (Lipinski definition) is 6. The van der Waals surface area contributed by atoms with Gasteiger partial charge in [-0.05, 0) is 49.9 Å². The number of aliphatic hydroxyl groups is 1. The number of aromatic amines is 1. The van der Waals surface area contributed by atoms with Crippen LogP contribution in [0.1, 0.15) is 25.5 Å². The molecule has 0 saturated heterocycles. The van der Waals surface area contributed by atoms with Crippen LogP contribution in [0.4, 0.5) is 11.5 Å². The van der Waals surface area contributed by atoms with Gasteiger partial charge in [-0.25, -0.2) is 0 Å². The second kappa shape index (κ2) is 5.03. The Hall–Kier alpha value is -2.93. The van der Waals surface area contributed by atoms with Gasteiger partial charge in [-0.2, -0.15) is 5.10 Å². The van der Waals surface area contributed by atoms with E-state index in [1.807, 2.05) is 37.3 Å². The molecule has 0 bridgehead atoms. The number of hydrogen-bond donors (Lipinski definition) is 3. The molecular formula is C18H17N5O2. The van der Waals surface area contributed by atoms with Gasteiger partial charge in [0.05, 0.1) is 5.52 Å². The third-order valence-corrected chi connectivity index (χ3v) is 4.91. The Morgan fingerprint density at radius 3 is 3.04 bits per heavy atom. The predicted octanol–water partition coefficient (Wildman–Crippen LogP) is 3.46. The lowest BCUT2D eigenvalue weighted by molar-refractivity contribution is 0.0270. The van der Waals surface area contributed by atoms with E-state index in [0.29, 0.717) is 17.1 Å². The standard InChI is InChI=1S/C18H17N5O2/c1-18(24,10-4-5-10)16-12-7-6-11(9-14(12)25-23-16)20-17-15-13(21-22-17)3-2-8-19-15/h2-3,6-10,24H,4-5H2,1H3,(H2,20,21,22). The minimum Gasteiger partial charge on any atom is -0.383 e. The van der Waals surface area contributed by atoms with Crippen LogP contribution in [0, 0.1) is 5.92 Å². The summed E-state index contributed by atoms with van der Waals surface area (Å²) in [5.41, 5.74) is 2.77. The molecule has 1 saturated carbocycles. The van der Waals surface area contributed by atoms with Crippen molar-refractivity contribution in [2.45, 2.75) is 25.4 Å². The molecule has 1 aliphatic rings. The van der Waals surface area contributed by atoms with Crippen molar-refractivity contribution in [3.05, 3.63) is 42.2 Å². The second-order valence-corrected chi connectivity index (χ2v) is 6.76. The highest BCUT2D eigenvalue weighted by molar-refractivity contribution is 5.89. The zero-order valence-corrected chi connectivity index (χ0v) is 13.7. The lowest BCUT2D eigenvalue weighted by Gasteiger charge is -2.19. The van der Waals surface area contributed by atoms with Crippen molar-refractivity contribution >= 4 is 33.5 Å². The first-order valence-electron chi connectivity index (χ1n) is 8.31. The molecule has 3 heterocycles. The maximum Gasteiger partial charge on any atom is 0.178 e. The molecule has 0 amide bonds. The predicted molar refractivity (Wildman–Crippen MR) is 93.5 cm³/mol. The van der Waals surface area contributed by atoms with Crippen molar-refractivity contribution in [1.29, 1.82) is 0 Å². The molecule has 4 aromatic rings. The van der Waals surface area contributed by atoms with Crippen LogP contribution in [-0.4, -0.2) is 25.4 Å². The monoisotopic (exact) mass is 335 g/mol. The van der Waals surface area contributed by atoms with Gasteiger partial charge < -0.3 is 14.9 Å². The van der Waals surface area contributed by atoms with Crippen LogP contribution in [0.5, 0.6) is 0 Å². The Morgan fingerprint density at radius 2 is 2.20 bits per heavy atom. The SMILES string of the molecule is CC(O)(c1noc2cc(Nc3n[nH]c4cccnc34)ccc12)C1CC1. The van der Waals surface area contributed by atoms with Crippen molar-refractivity contribution in [1.82, 2.24) is 20.3 Å². The fourth-order valence-electron chi connectivity index (χ4n) is 3.30. The van der Waals surface area contributed by atoms with E-state index < -0.39 is 5.60 Å². The highest BCUT2D eigenvalue weighted by Gasteiger charge is 2.44. The van der Waals surface area contributed by atoms with Gasteiger partial charge in [0.1, 0.15) is 16.8 Å². The van der Waals surface area contributed by atoms with Crippen LogP contribution in [0.15, 0.2) is 41.1 Å². The zero-order chi connectivity index (χ0) is 17.0. The zero-order valence-electron chi connectivity index (χ0n) is 13.7. The minimum atomic E-state index is -0.942. The molecule has 3 aromatic heterocycles. The first-order chi connectivity index (χ1) is 12.1. The van der Waals surface area contributed by atoms with Gasteiger partial charge in [-0.15, -0.1) is 0 Å². The molecule has 25 heavy (non-hydrogen) atoms. The molecule has 1 fully saturated rings. The normalized spacial score (nSPS) is 17.0. The van der Waals surface area contributed by atoms with Crippen molar-refractivity contribution in [3.63, 3.8) is 0 Å². The van der Waals surface area contributed by atoms with Crippen LogP contribution < -0.4 is 5.32 Å². The summed E-state index contributed by atoms with van der Waals surface area (Å²) in [7, 11) is 0. The van der Waals surface area contributed by atoms with E-state index in [9.17, 15) is 5.11 Å². The molecule has 0 radical (unpaired) electrons. The number of nitrogens with one attached hydrogen (secondary N) is 2. The third kappa shape index (κ3) is 2.27. The van der Waals surface area contributed by atoms with Crippen LogP contribution in [-0.2, 0) is 5.60 Å². The molecule has 0 spiro atoms. The fourth-order valence-corrected chi connectivity index (χ4v) is 3.30. The summed E-state index contributed by atoms with van der Waals surface area (Å²) in [4.78, 5) is 4.34. The Labute approximate surface area is 143 Å². The number of nitrogens with zero attached hydrogens (tertiary/aromatic N) is 3. The molecule has 1 aliphatic carbocycles. The van der Waals surface area contributed by atoms with E-state index in [1.54, 1.807) is 6.20 Å². The van der Waals surface area contributed by atoms with Crippen molar-refractivity contribution in [2.24, 2.45) is 5.92 Å². The van der Waals surface area contributed by atoms with Crippen LogP contribution in [0.3, 0.4) is 0 Å². The number of fused-ring (bicyclic) bond motifs is 2. The second-order valence-electron chi connectivity index (χ2n) is 6.76. The number of H-pyrrole nitrogens is 1. The van der Waals surface area contributed by atoms with Gasteiger partial charge in [0, 0.05) is 23.3 Å². The molecule has 1 atom stereocenters. The Bertz CT molecular complexity index is 1080. The van der Waals surface area contributed by atoms with Gasteiger partial charge in [0.25, 0.3) is 0 Å². The van der Waals surface area contributed by atoms with Crippen molar-refractivity contribution < 1.29 is 9.63 Å². The summed E-state index contributed by atoms with van der Waals surface area (Å²) in [6.45, 7) is 1.82. The summed E-state index contributed by atoms with van der Waals surface area (Å²) >= 11 is 0. The Morgan fingerprint density at radius 1 is 1.32 bits per heavy atom. The van der Waals surface area contributed by atoms with Crippen LogP contribution in [0.2, 0.25) is 0 Å². The molecular weight excluding hydrogens is 318 g/mol. The van der Waals surface area contributed by atoms with Crippen molar-refractivity contribution in [2.75, 3.05) is 5.32 Å². The van der Waals surface area contributed by atoms with E-state index in [1.165, 1.54) is 0 Å². The van der Waals surface area contributed by atoms with Gasteiger partial charge in [-0.1, -0.05) is 5.16 Å². The molecule has 3 N–H and O–H groups in total. The number of anilines is 2. The highest BCUT2D eigenvalue weighted by atomic mass is 16.5. The van der Waals surface area contributed by atoms with E-state index in [2.05, 4.69) is 25.7 Å². The maximum atomic E-state index is 10.7. The Kier molecular flexibility index (Phi) is 2.90. The number of aromatic nitrogens is 4. The number of pyridine rings is 1. The maximum absolute atomic E-state index is 10.7. The molecule has 0 aliphatic heterocycles. The first kappa shape index (κ1) is 14.4. The summed E-state index contributed by atoms with van der Waals surface area (Å²) < 4.78 is 5.47. The molecule has 7 nitrogen and oxygen atoms in total. The number of rotatable bonds is 4. The van der Waals surface area contributed by atoms with Gasteiger partial charge >= 0.3 is 0 Å². The van der Waals surface area contributed by atoms with Crippen molar-refractivity contribution in [3.8, 4) is 0 Å². The minimum absolute atomic E-state index is 0.264. The fraction of sp³-hybridized carbons (Fsp3) is 0.278. The van der Waals surface area contributed by atoms with E-state index in [0.717, 1.165) is 34.9 Å². The molecule has 5 rings (SSSR count). The summed E-state index contributed by atoms with van der Waals surface area (Å²) in [5, 5.41) is 26.2. The van der Waals surface area contributed by atoms with E-state index in [-0.39, 0.29) is 5.92 Å². The highest BCUT2D eigenvalue weighted by Crippen LogP contribution is 2.46. The lowest BCUT2D eigenvalue weighted by Crippen LogP contribution is -2.24. The Balaban J connectivity index is 1.51.